The molecule has 0 aliphatic carbocycles. The van der Waals surface area contributed by atoms with Gasteiger partial charge in [0.1, 0.15) is 5.75 Å². The minimum absolute atomic E-state index is 0.00321. The van der Waals surface area contributed by atoms with Gasteiger partial charge < -0.3 is 15.0 Å². The molecule has 1 atom stereocenters. The standard InChI is InChI=1S/C19H19N3O3/c1-25-13-5-6-17-14(8-13)15(9-18(23)21-17)19(24)22-10-12(11-22)16-4-2-3-7-20-16/h2-8,12,15H,9-11H2,1H3,(H,21,23)/t15-/m0/s1. The van der Waals surface area contributed by atoms with Crippen LogP contribution in [0.4, 0.5) is 5.69 Å². The Labute approximate surface area is 145 Å². The predicted octanol–water partition coefficient (Wildman–Crippen LogP) is 2.14. The lowest BCUT2D eigenvalue weighted by Crippen LogP contribution is -2.51. The number of anilines is 1. The van der Waals surface area contributed by atoms with E-state index in [0.717, 1.165) is 11.3 Å². The van der Waals surface area contributed by atoms with Gasteiger partial charge in [0.2, 0.25) is 11.8 Å². The molecule has 1 aromatic heterocycles. The molecule has 1 saturated heterocycles. The summed E-state index contributed by atoms with van der Waals surface area (Å²) in [5.74, 6) is 0.368. The number of aromatic nitrogens is 1. The van der Waals surface area contributed by atoms with Crippen molar-refractivity contribution in [2.75, 3.05) is 25.5 Å². The third kappa shape index (κ3) is 2.84. The summed E-state index contributed by atoms with van der Waals surface area (Å²) in [5.41, 5.74) is 2.53. The zero-order valence-corrected chi connectivity index (χ0v) is 13.9. The van der Waals surface area contributed by atoms with Crippen LogP contribution >= 0.6 is 0 Å². The van der Waals surface area contributed by atoms with Crippen LogP contribution in [0, 0.1) is 0 Å². The zero-order chi connectivity index (χ0) is 17.4. The molecule has 1 fully saturated rings. The third-order valence-electron chi connectivity index (χ3n) is 4.90. The van der Waals surface area contributed by atoms with E-state index in [0.29, 0.717) is 24.5 Å². The van der Waals surface area contributed by atoms with Crippen molar-refractivity contribution < 1.29 is 14.3 Å². The minimum atomic E-state index is -0.455. The Hall–Kier alpha value is -2.89. The normalized spacial score (nSPS) is 19.6. The molecule has 0 unspecified atom stereocenters. The number of rotatable bonds is 3. The van der Waals surface area contributed by atoms with E-state index in [4.69, 9.17) is 4.74 Å². The molecule has 4 rings (SSSR count). The molecular weight excluding hydrogens is 318 g/mol. The number of amides is 2. The third-order valence-corrected chi connectivity index (χ3v) is 4.90. The summed E-state index contributed by atoms with van der Waals surface area (Å²) in [6, 6.07) is 11.2. The van der Waals surface area contributed by atoms with E-state index >= 15 is 0 Å². The lowest BCUT2D eigenvalue weighted by Gasteiger charge is -2.41. The number of nitrogens with zero attached hydrogens (tertiary/aromatic N) is 2. The Morgan fingerprint density at radius 1 is 1.28 bits per heavy atom. The van der Waals surface area contributed by atoms with Crippen LogP contribution in [0.3, 0.4) is 0 Å². The van der Waals surface area contributed by atoms with Crippen molar-refractivity contribution in [1.82, 2.24) is 9.88 Å². The van der Waals surface area contributed by atoms with E-state index in [1.807, 2.05) is 29.2 Å². The average molecular weight is 337 g/mol. The van der Waals surface area contributed by atoms with Crippen molar-refractivity contribution in [2.24, 2.45) is 0 Å². The minimum Gasteiger partial charge on any atom is -0.497 e. The number of carbonyl (C=O) groups excluding carboxylic acids is 2. The summed E-state index contributed by atoms with van der Waals surface area (Å²) in [6.07, 6.45) is 1.94. The Bertz CT molecular complexity index is 816. The van der Waals surface area contributed by atoms with Crippen LogP contribution in [-0.2, 0) is 9.59 Å². The molecule has 2 aliphatic heterocycles. The molecule has 2 aromatic rings. The molecule has 0 bridgehead atoms. The fourth-order valence-corrected chi connectivity index (χ4v) is 3.47. The summed E-state index contributed by atoms with van der Waals surface area (Å²) in [7, 11) is 1.59. The lowest BCUT2D eigenvalue weighted by molar-refractivity contribution is -0.139. The fourth-order valence-electron chi connectivity index (χ4n) is 3.47. The highest BCUT2D eigenvalue weighted by molar-refractivity contribution is 6.01. The molecule has 6 nitrogen and oxygen atoms in total. The first-order chi connectivity index (χ1) is 12.2. The molecule has 2 amide bonds. The average Bonchev–Trinajstić information content (AvgIpc) is 2.60. The van der Waals surface area contributed by atoms with Crippen molar-refractivity contribution in [1.29, 1.82) is 0 Å². The van der Waals surface area contributed by atoms with Crippen LogP contribution in [-0.4, -0.2) is 41.9 Å². The number of methoxy groups -OCH3 is 1. The van der Waals surface area contributed by atoms with Crippen molar-refractivity contribution in [3.63, 3.8) is 0 Å². The van der Waals surface area contributed by atoms with Gasteiger partial charge in [-0.25, -0.2) is 0 Å². The van der Waals surface area contributed by atoms with Crippen LogP contribution in [0.5, 0.6) is 5.75 Å². The maximum atomic E-state index is 12.9. The fraction of sp³-hybridized carbons (Fsp3) is 0.316. The second-order valence-electron chi connectivity index (χ2n) is 6.45. The first kappa shape index (κ1) is 15.6. The molecule has 6 heteroatoms. The molecule has 1 aromatic carbocycles. The second-order valence-corrected chi connectivity index (χ2v) is 6.45. The molecule has 0 saturated carbocycles. The van der Waals surface area contributed by atoms with Crippen LogP contribution in [0.1, 0.15) is 29.5 Å². The van der Waals surface area contributed by atoms with Crippen LogP contribution < -0.4 is 10.1 Å². The smallest absolute Gasteiger partial charge is 0.230 e. The Balaban J connectivity index is 1.53. The number of ether oxygens (including phenoxy) is 1. The van der Waals surface area contributed by atoms with E-state index < -0.39 is 5.92 Å². The predicted molar refractivity (Wildman–Crippen MR) is 92.5 cm³/mol. The quantitative estimate of drug-likeness (QED) is 0.931. The van der Waals surface area contributed by atoms with Crippen LogP contribution in [0.25, 0.3) is 0 Å². The van der Waals surface area contributed by atoms with Gasteiger partial charge in [-0.1, -0.05) is 6.07 Å². The maximum Gasteiger partial charge on any atom is 0.230 e. The lowest BCUT2D eigenvalue weighted by atomic mass is 9.86. The molecule has 128 valence electrons. The van der Waals surface area contributed by atoms with Crippen LogP contribution in [0.2, 0.25) is 0 Å². The van der Waals surface area contributed by atoms with E-state index in [1.54, 1.807) is 25.4 Å². The number of hydrogen-bond donors (Lipinski definition) is 1. The van der Waals surface area contributed by atoms with Gasteiger partial charge in [-0.15, -0.1) is 0 Å². The van der Waals surface area contributed by atoms with E-state index in [2.05, 4.69) is 10.3 Å². The number of pyridine rings is 1. The van der Waals surface area contributed by atoms with Gasteiger partial charge in [-0.2, -0.15) is 0 Å². The summed E-state index contributed by atoms with van der Waals surface area (Å²) in [6.45, 7) is 1.29. The molecule has 0 spiro atoms. The van der Waals surface area contributed by atoms with E-state index in [-0.39, 0.29) is 24.2 Å². The number of carbonyl (C=O) groups is 2. The van der Waals surface area contributed by atoms with Crippen LogP contribution in [0.15, 0.2) is 42.6 Å². The first-order valence-corrected chi connectivity index (χ1v) is 8.33. The number of fused-ring (bicyclic) bond motifs is 1. The summed E-state index contributed by atoms with van der Waals surface area (Å²) < 4.78 is 5.26. The number of nitrogens with one attached hydrogen (secondary N) is 1. The van der Waals surface area contributed by atoms with Crippen molar-refractivity contribution in [2.45, 2.75) is 18.3 Å². The highest BCUT2D eigenvalue weighted by Gasteiger charge is 2.39. The summed E-state index contributed by atoms with van der Waals surface area (Å²) >= 11 is 0. The zero-order valence-electron chi connectivity index (χ0n) is 13.9. The number of likely N-dealkylation sites (tertiary alicyclic amines) is 1. The second kappa shape index (κ2) is 6.20. The van der Waals surface area contributed by atoms with Gasteiger partial charge >= 0.3 is 0 Å². The monoisotopic (exact) mass is 337 g/mol. The molecule has 1 N–H and O–H groups in total. The van der Waals surface area contributed by atoms with Gasteiger partial charge in [0, 0.05) is 43.0 Å². The Morgan fingerprint density at radius 2 is 2.12 bits per heavy atom. The van der Waals surface area contributed by atoms with Gasteiger partial charge in [-0.3, -0.25) is 14.6 Å². The van der Waals surface area contributed by atoms with Gasteiger partial charge in [0.05, 0.1) is 13.0 Å². The molecule has 0 radical (unpaired) electrons. The summed E-state index contributed by atoms with van der Waals surface area (Å²) in [4.78, 5) is 31.1. The summed E-state index contributed by atoms with van der Waals surface area (Å²) in [5, 5.41) is 2.83. The topological polar surface area (TPSA) is 71.5 Å². The molecule has 3 heterocycles. The Kier molecular flexibility index (Phi) is 3.87. The van der Waals surface area contributed by atoms with Gasteiger partial charge in [0.25, 0.3) is 0 Å². The Morgan fingerprint density at radius 3 is 2.84 bits per heavy atom. The highest BCUT2D eigenvalue weighted by atomic mass is 16.5. The largest absolute Gasteiger partial charge is 0.497 e. The van der Waals surface area contributed by atoms with Gasteiger partial charge in [0.15, 0.2) is 0 Å². The van der Waals surface area contributed by atoms with Crippen molar-refractivity contribution >= 4 is 17.5 Å². The highest BCUT2D eigenvalue weighted by Crippen LogP contribution is 2.38. The molecular formula is C19H19N3O3. The number of hydrogen-bond acceptors (Lipinski definition) is 4. The van der Waals surface area contributed by atoms with Crippen molar-refractivity contribution in [3.05, 3.63) is 53.9 Å². The SMILES string of the molecule is COc1ccc2c(c1)[C@@H](C(=O)N1CC(c3ccccn3)C1)CC(=O)N2. The van der Waals surface area contributed by atoms with E-state index in [1.165, 1.54) is 0 Å². The first-order valence-electron chi connectivity index (χ1n) is 8.33. The van der Waals surface area contributed by atoms with Crippen molar-refractivity contribution in [3.8, 4) is 5.75 Å². The van der Waals surface area contributed by atoms with Gasteiger partial charge in [-0.05, 0) is 35.9 Å². The number of benzene rings is 1. The molecule has 2 aliphatic rings. The molecule has 25 heavy (non-hydrogen) atoms. The maximum absolute atomic E-state index is 12.9. The van der Waals surface area contributed by atoms with E-state index in [9.17, 15) is 9.59 Å².